The summed E-state index contributed by atoms with van der Waals surface area (Å²) in [4.78, 5) is 0. The molecule has 15 heavy (non-hydrogen) atoms. The van der Waals surface area contributed by atoms with Gasteiger partial charge in [-0.1, -0.05) is 19.1 Å². The van der Waals surface area contributed by atoms with Gasteiger partial charge < -0.3 is 4.74 Å². The average molecular weight is 249 g/mol. The summed E-state index contributed by atoms with van der Waals surface area (Å²) < 4.78 is 26.9. The first-order valence-corrected chi connectivity index (χ1v) is 7.13. The zero-order valence-electron chi connectivity index (χ0n) is 8.44. The van der Waals surface area contributed by atoms with E-state index < -0.39 is 9.05 Å². The van der Waals surface area contributed by atoms with Crippen LogP contribution in [0.3, 0.4) is 0 Å². The maximum atomic E-state index is 10.8. The van der Waals surface area contributed by atoms with Crippen LogP contribution in [0.1, 0.15) is 18.9 Å². The molecule has 0 saturated carbocycles. The predicted molar refractivity (Wildman–Crippen MR) is 60.7 cm³/mol. The Morgan fingerprint density at radius 1 is 1.27 bits per heavy atom. The van der Waals surface area contributed by atoms with Crippen LogP contribution in [0.15, 0.2) is 24.3 Å². The standard InChI is InChI=1S/C10H13ClO3S/c1-2-7-14-10-5-3-9(4-6-10)8-15(11,12)13/h3-6H,2,7-8H2,1H3. The lowest BCUT2D eigenvalue weighted by Crippen LogP contribution is -1.97. The van der Waals surface area contributed by atoms with Gasteiger partial charge in [-0.05, 0) is 24.1 Å². The van der Waals surface area contributed by atoms with E-state index in [4.69, 9.17) is 15.4 Å². The third-order valence-corrected chi connectivity index (χ3v) is 2.74. The van der Waals surface area contributed by atoms with E-state index in [1.807, 2.05) is 6.92 Å². The van der Waals surface area contributed by atoms with Crippen molar-refractivity contribution in [1.29, 1.82) is 0 Å². The number of rotatable bonds is 5. The first kappa shape index (κ1) is 12.3. The molecular formula is C10H13ClO3S. The molecule has 3 nitrogen and oxygen atoms in total. The Labute approximate surface area is 94.4 Å². The molecule has 0 fully saturated rings. The third kappa shape index (κ3) is 5.04. The van der Waals surface area contributed by atoms with Crippen LogP contribution in [0.2, 0.25) is 0 Å². The van der Waals surface area contributed by atoms with Gasteiger partial charge in [0.1, 0.15) is 5.75 Å². The summed E-state index contributed by atoms with van der Waals surface area (Å²) in [6.45, 7) is 2.68. The monoisotopic (exact) mass is 248 g/mol. The lowest BCUT2D eigenvalue weighted by molar-refractivity contribution is 0.317. The molecule has 0 unspecified atom stereocenters. The molecule has 0 atom stereocenters. The highest BCUT2D eigenvalue weighted by molar-refractivity contribution is 8.13. The lowest BCUT2D eigenvalue weighted by atomic mass is 10.2. The Bertz CT molecular complexity index is 397. The van der Waals surface area contributed by atoms with Crippen LogP contribution in [-0.4, -0.2) is 15.0 Å². The zero-order valence-corrected chi connectivity index (χ0v) is 10.0. The highest BCUT2D eigenvalue weighted by Crippen LogP contribution is 2.15. The number of halogens is 1. The van der Waals surface area contributed by atoms with Crippen LogP contribution in [0.5, 0.6) is 5.75 Å². The highest BCUT2D eigenvalue weighted by atomic mass is 35.7. The van der Waals surface area contributed by atoms with Gasteiger partial charge in [0.05, 0.1) is 12.4 Å². The predicted octanol–water partition coefficient (Wildman–Crippen LogP) is 2.54. The molecule has 1 aromatic rings. The number of hydrogen-bond donors (Lipinski definition) is 0. The molecule has 0 radical (unpaired) electrons. The molecule has 0 amide bonds. The van der Waals surface area contributed by atoms with Crippen molar-refractivity contribution in [3.05, 3.63) is 29.8 Å². The first-order chi connectivity index (χ1) is 7.01. The molecule has 0 spiro atoms. The van der Waals surface area contributed by atoms with Crippen molar-refractivity contribution in [1.82, 2.24) is 0 Å². The van der Waals surface area contributed by atoms with E-state index in [0.717, 1.165) is 12.2 Å². The van der Waals surface area contributed by atoms with Gasteiger partial charge in [0.25, 0.3) is 0 Å². The number of benzene rings is 1. The molecule has 0 N–H and O–H groups in total. The Balaban J connectivity index is 2.64. The second-order valence-corrected chi connectivity index (χ2v) is 5.95. The molecule has 0 aliphatic heterocycles. The van der Waals surface area contributed by atoms with Crippen LogP contribution in [0.4, 0.5) is 0 Å². The van der Waals surface area contributed by atoms with Gasteiger partial charge in [-0.25, -0.2) is 8.42 Å². The van der Waals surface area contributed by atoms with E-state index in [-0.39, 0.29) is 5.75 Å². The minimum absolute atomic E-state index is 0.150. The summed E-state index contributed by atoms with van der Waals surface area (Å²) >= 11 is 0. The van der Waals surface area contributed by atoms with Crippen LogP contribution in [0.25, 0.3) is 0 Å². The van der Waals surface area contributed by atoms with Crippen LogP contribution in [-0.2, 0) is 14.8 Å². The van der Waals surface area contributed by atoms with Gasteiger partial charge in [-0.2, -0.15) is 0 Å². The minimum atomic E-state index is -3.48. The van der Waals surface area contributed by atoms with Gasteiger partial charge in [-0.15, -0.1) is 0 Å². The smallest absolute Gasteiger partial charge is 0.236 e. The molecule has 5 heteroatoms. The molecule has 0 aliphatic rings. The lowest BCUT2D eigenvalue weighted by Gasteiger charge is -2.04. The maximum absolute atomic E-state index is 10.8. The summed E-state index contributed by atoms with van der Waals surface area (Å²) in [5.41, 5.74) is 0.661. The minimum Gasteiger partial charge on any atom is -0.494 e. The largest absolute Gasteiger partial charge is 0.494 e. The molecule has 1 aromatic carbocycles. The van der Waals surface area contributed by atoms with Crippen LogP contribution in [0, 0.1) is 0 Å². The van der Waals surface area contributed by atoms with E-state index in [9.17, 15) is 8.42 Å². The van der Waals surface area contributed by atoms with E-state index in [1.165, 1.54) is 0 Å². The SMILES string of the molecule is CCCOc1ccc(CS(=O)(=O)Cl)cc1. The van der Waals surface area contributed by atoms with Crippen molar-refractivity contribution in [2.75, 3.05) is 6.61 Å². The summed E-state index contributed by atoms with van der Waals surface area (Å²) in [6, 6.07) is 6.88. The highest BCUT2D eigenvalue weighted by Gasteiger charge is 2.06. The van der Waals surface area contributed by atoms with Gasteiger partial charge in [0.2, 0.25) is 9.05 Å². The Hall–Kier alpha value is -0.740. The van der Waals surface area contributed by atoms with E-state index in [0.29, 0.717) is 12.2 Å². The molecule has 0 heterocycles. The fourth-order valence-corrected chi connectivity index (χ4v) is 2.07. The summed E-state index contributed by atoms with van der Waals surface area (Å²) in [6.07, 6.45) is 0.942. The normalized spacial score (nSPS) is 11.3. The molecule has 1 rings (SSSR count). The molecule has 0 aromatic heterocycles. The van der Waals surface area contributed by atoms with Crippen molar-refractivity contribution in [3.8, 4) is 5.75 Å². The second kappa shape index (κ2) is 5.37. The van der Waals surface area contributed by atoms with Gasteiger partial charge in [-0.3, -0.25) is 0 Å². The Kier molecular flexibility index (Phi) is 4.42. The van der Waals surface area contributed by atoms with E-state index in [2.05, 4.69) is 0 Å². The zero-order chi connectivity index (χ0) is 11.3. The molecule has 0 saturated heterocycles. The fraction of sp³-hybridized carbons (Fsp3) is 0.400. The molecular weight excluding hydrogens is 236 g/mol. The molecule has 0 aliphatic carbocycles. The average Bonchev–Trinajstić information content (AvgIpc) is 2.14. The van der Waals surface area contributed by atoms with Gasteiger partial charge in [0.15, 0.2) is 0 Å². The molecule has 84 valence electrons. The van der Waals surface area contributed by atoms with Crippen molar-refractivity contribution in [2.24, 2.45) is 0 Å². The van der Waals surface area contributed by atoms with Crippen molar-refractivity contribution in [3.63, 3.8) is 0 Å². The quantitative estimate of drug-likeness (QED) is 0.752. The summed E-state index contributed by atoms with van der Waals surface area (Å²) in [5, 5.41) is 0. The third-order valence-electron chi connectivity index (χ3n) is 1.74. The fourth-order valence-electron chi connectivity index (χ4n) is 1.10. The maximum Gasteiger partial charge on any atom is 0.236 e. The Morgan fingerprint density at radius 2 is 1.87 bits per heavy atom. The molecule has 0 bridgehead atoms. The van der Waals surface area contributed by atoms with E-state index >= 15 is 0 Å². The van der Waals surface area contributed by atoms with Crippen LogP contribution >= 0.6 is 10.7 Å². The topological polar surface area (TPSA) is 43.4 Å². The first-order valence-electron chi connectivity index (χ1n) is 4.65. The van der Waals surface area contributed by atoms with Gasteiger partial charge in [0, 0.05) is 10.7 Å². The van der Waals surface area contributed by atoms with Crippen LogP contribution < -0.4 is 4.74 Å². The summed E-state index contributed by atoms with van der Waals surface area (Å²) in [7, 11) is 1.66. The van der Waals surface area contributed by atoms with Crippen molar-refractivity contribution >= 4 is 19.7 Å². The summed E-state index contributed by atoms with van der Waals surface area (Å²) in [5.74, 6) is 0.593. The van der Waals surface area contributed by atoms with Crippen molar-refractivity contribution < 1.29 is 13.2 Å². The number of ether oxygens (including phenoxy) is 1. The number of hydrogen-bond acceptors (Lipinski definition) is 3. The van der Waals surface area contributed by atoms with E-state index in [1.54, 1.807) is 24.3 Å². The van der Waals surface area contributed by atoms with Gasteiger partial charge >= 0.3 is 0 Å². The Morgan fingerprint density at radius 3 is 2.33 bits per heavy atom. The second-order valence-electron chi connectivity index (χ2n) is 3.18. The van der Waals surface area contributed by atoms with Crippen molar-refractivity contribution in [2.45, 2.75) is 19.1 Å².